The van der Waals surface area contributed by atoms with Crippen LogP contribution in [0.5, 0.6) is 0 Å². The summed E-state index contributed by atoms with van der Waals surface area (Å²) in [6.45, 7) is 3.60. The zero-order valence-electron chi connectivity index (χ0n) is 17.0. The number of hydrogen-bond acceptors (Lipinski definition) is 4. The van der Waals surface area contributed by atoms with Crippen LogP contribution in [0.3, 0.4) is 0 Å². The highest BCUT2D eigenvalue weighted by molar-refractivity contribution is 6.30. The Bertz CT molecular complexity index is 1030. The third-order valence-electron chi connectivity index (χ3n) is 5.65. The fourth-order valence-electron chi connectivity index (χ4n) is 4.05. The minimum absolute atomic E-state index is 0.0387. The SMILES string of the molecule is CC1CCc2ncnc(-c3ccc(C(=O)N(CCN)Cc4ccc(Cl)cc4)cc3)c21. The molecule has 0 aliphatic heterocycles. The molecule has 0 radical (unpaired) electrons. The van der Waals surface area contributed by atoms with Crippen LogP contribution >= 0.6 is 11.6 Å². The number of aromatic nitrogens is 2. The standard InChI is InChI=1S/C24H25ClN4O/c1-16-2-11-21-22(16)23(28-15-27-21)18-5-7-19(8-6-18)24(30)29(13-12-26)14-17-3-9-20(25)10-4-17/h3-10,15-16H,2,11-14,26H2,1H3. The van der Waals surface area contributed by atoms with Gasteiger partial charge in [0.25, 0.3) is 5.91 Å². The highest BCUT2D eigenvalue weighted by atomic mass is 35.5. The van der Waals surface area contributed by atoms with Gasteiger partial charge in [0.05, 0.1) is 5.69 Å². The van der Waals surface area contributed by atoms with Crippen molar-refractivity contribution in [3.8, 4) is 11.3 Å². The number of aryl methyl sites for hydroxylation is 1. The van der Waals surface area contributed by atoms with Crippen molar-refractivity contribution in [2.45, 2.75) is 32.2 Å². The van der Waals surface area contributed by atoms with E-state index >= 15 is 0 Å². The summed E-state index contributed by atoms with van der Waals surface area (Å²) in [5, 5.41) is 0.677. The molecule has 1 unspecified atom stereocenters. The summed E-state index contributed by atoms with van der Waals surface area (Å²) >= 11 is 5.97. The van der Waals surface area contributed by atoms with Gasteiger partial charge in [0.15, 0.2) is 0 Å². The quantitative estimate of drug-likeness (QED) is 0.639. The third kappa shape index (κ3) is 4.23. The normalized spacial score (nSPS) is 15.1. The molecular weight excluding hydrogens is 396 g/mol. The van der Waals surface area contributed by atoms with E-state index in [1.54, 1.807) is 11.2 Å². The number of fused-ring (bicyclic) bond motifs is 1. The smallest absolute Gasteiger partial charge is 0.254 e. The molecule has 154 valence electrons. The van der Waals surface area contributed by atoms with Gasteiger partial charge in [-0.3, -0.25) is 4.79 Å². The molecule has 2 N–H and O–H groups in total. The van der Waals surface area contributed by atoms with Crippen molar-refractivity contribution in [2.24, 2.45) is 5.73 Å². The van der Waals surface area contributed by atoms with Gasteiger partial charge >= 0.3 is 0 Å². The first-order chi connectivity index (χ1) is 14.6. The number of nitrogens with zero attached hydrogens (tertiary/aromatic N) is 3. The summed E-state index contributed by atoms with van der Waals surface area (Å²) in [4.78, 5) is 23.9. The fraction of sp³-hybridized carbons (Fsp3) is 0.292. The number of amides is 1. The lowest BCUT2D eigenvalue weighted by Crippen LogP contribution is -2.34. The van der Waals surface area contributed by atoms with E-state index < -0.39 is 0 Å². The van der Waals surface area contributed by atoms with Gasteiger partial charge in [-0.1, -0.05) is 42.8 Å². The molecule has 1 aliphatic rings. The van der Waals surface area contributed by atoms with Gasteiger partial charge in [0.2, 0.25) is 0 Å². The lowest BCUT2D eigenvalue weighted by molar-refractivity contribution is 0.0748. The number of nitrogens with two attached hydrogens (primary N) is 1. The summed E-state index contributed by atoms with van der Waals surface area (Å²) in [5.41, 5.74) is 11.8. The van der Waals surface area contributed by atoms with Crippen molar-refractivity contribution in [2.75, 3.05) is 13.1 Å². The van der Waals surface area contributed by atoms with E-state index in [4.69, 9.17) is 17.3 Å². The van der Waals surface area contributed by atoms with Crippen molar-refractivity contribution in [3.05, 3.63) is 82.3 Å². The number of benzene rings is 2. The molecular formula is C24H25ClN4O. The highest BCUT2D eigenvalue weighted by Crippen LogP contribution is 2.37. The van der Waals surface area contributed by atoms with E-state index in [0.717, 1.165) is 35.4 Å². The molecule has 1 aliphatic carbocycles. The Morgan fingerprint density at radius 2 is 1.87 bits per heavy atom. The maximum Gasteiger partial charge on any atom is 0.254 e. The molecule has 6 heteroatoms. The molecule has 5 nitrogen and oxygen atoms in total. The van der Waals surface area contributed by atoms with Crippen LogP contribution < -0.4 is 5.73 Å². The molecule has 30 heavy (non-hydrogen) atoms. The van der Waals surface area contributed by atoms with E-state index in [0.29, 0.717) is 36.1 Å². The Balaban J connectivity index is 1.56. The van der Waals surface area contributed by atoms with Gasteiger partial charge in [-0.15, -0.1) is 0 Å². The molecule has 1 amide bonds. The summed E-state index contributed by atoms with van der Waals surface area (Å²) in [6, 6.07) is 15.2. The van der Waals surface area contributed by atoms with Crippen LogP contribution in [0.25, 0.3) is 11.3 Å². The number of hydrogen-bond donors (Lipinski definition) is 1. The third-order valence-corrected chi connectivity index (χ3v) is 5.90. The lowest BCUT2D eigenvalue weighted by atomic mass is 9.98. The maximum atomic E-state index is 13.1. The zero-order valence-corrected chi connectivity index (χ0v) is 17.8. The molecule has 1 atom stereocenters. The van der Waals surface area contributed by atoms with Crippen molar-refractivity contribution >= 4 is 17.5 Å². The molecule has 0 saturated carbocycles. The van der Waals surface area contributed by atoms with Crippen molar-refractivity contribution < 1.29 is 4.79 Å². The van der Waals surface area contributed by atoms with Crippen molar-refractivity contribution in [1.82, 2.24) is 14.9 Å². The van der Waals surface area contributed by atoms with Crippen LogP contribution in [-0.2, 0) is 13.0 Å². The summed E-state index contributed by atoms with van der Waals surface area (Å²) in [5.74, 6) is 0.417. The molecule has 4 rings (SSSR count). The van der Waals surface area contributed by atoms with E-state index in [-0.39, 0.29) is 5.91 Å². The minimum atomic E-state index is -0.0387. The van der Waals surface area contributed by atoms with E-state index in [2.05, 4.69) is 16.9 Å². The maximum absolute atomic E-state index is 13.1. The summed E-state index contributed by atoms with van der Waals surface area (Å²) in [6.07, 6.45) is 3.75. The molecule has 1 aromatic heterocycles. The average molecular weight is 421 g/mol. The number of halogens is 1. The Labute approximate surface area is 181 Å². The molecule has 0 saturated heterocycles. The molecule has 0 fully saturated rings. The molecule has 2 aromatic carbocycles. The van der Waals surface area contributed by atoms with Crippen LogP contribution in [0.2, 0.25) is 5.02 Å². The van der Waals surface area contributed by atoms with Crippen molar-refractivity contribution in [3.63, 3.8) is 0 Å². The molecule has 3 aromatic rings. The predicted molar refractivity (Wildman–Crippen MR) is 119 cm³/mol. The molecule has 0 bridgehead atoms. The first-order valence-corrected chi connectivity index (χ1v) is 10.6. The first kappa shape index (κ1) is 20.5. The van der Waals surface area contributed by atoms with Crippen LogP contribution in [0.4, 0.5) is 0 Å². The average Bonchev–Trinajstić information content (AvgIpc) is 3.16. The van der Waals surface area contributed by atoms with Crippen LogP contribution in [0, 0.1) is 0 Å². The van der Waals surface area contributed by atoms with Gasteiger partial charge in [-0.2, -0.15) is 0 Å². The van der Waals surface area contributed by atoms with Gasteiger partial charge in [0.1, 0.15) is 6.33 Å². The van der Waals surface area contributed by atoms with Crippen LogP contribution in [-0.4, -0.2) is 33.9 Å². The summed E-state index contributed by atoms with van der Waals surface area (Å²) < 4.78 is 0. The van der Waals surface area contributed by atoms with Gasteiger partial charge < -0.3 is 10.6 Å². The topological polar surface area (TPSA) is 72.1 Å². The Morgan fingerprint density at radius 1 is 1.13 bits per heavy atom. The van der Waals surface area contributed by atoms with Crippen LogP contribution in [0.1, 0.15) is 46.4 Å². The largest absolute Gasteiger partial charge is 0.333 e. The van der Waals surface area contributed by atoms with E-state index in [9.17, 15) is 4.79 Å². The number of rotatable bonds is 6. The second-order valence-electron chi connectivity index (χ2n) is 7.74. The fourth-order valence-corrected chi connectivity index (χ4v) is 4.17. The van der Waals surface area contributed by atoms with Crippen molar-refractivity contribution in [1.29, 1.82) is 0 Å². The van der Waals surface area contributed by atoms with Gasteiger partial charge in [-0.05, 0) is 48.6 Å². The zero-order chi connectivity index (χ0) is 21.1. The van der Waals surface area contributed by atoms with E-state index in [1.807, 2.05) is 48.5 Å². The first-order valence-electron chi connectivity index (χ1n) is 10.2. The highest BCUT2D eigenvalue weighted by Gasteiger charge is 2.25. The van der Waals surface area contributed by atoms with Crippen LogP contribution in [0.15, 0.2) is 54.9 Å². The Kier molecular flexibility index (Phi) is 6.11. The van der Waals surface area contributed by atoms with E-state index in [1.165, 1.54) is 5.56 Å². The van der Waals surface area contributed by atoms with Gasteiger partial charge in [0, 0.05) is 47.0 Å². The number of carbonyl (C=O) groups is 1. The second kappa shape index (κ2) is 8.94. The summed E-state index contributed by atoms with van der Waals surface area (Å²) in [7, 11) is 0. The Morgan fingerprint density at radius 3 is 2.57 bits per heavy atom. The second-order valence-corrected chi connectivity index (χ2v) is 8.18. The molecule has 0 spiro atoms. The minimum Gasteiger partial charge on any atom is -0.333 e. The predicted octanol–water partition coefficient (Wildman–Crippen LogP) is 4.45. The number of carbonyl (C=O) groups excluding carboxylic acids is 1. The Hall–Kier alpha value is -2.76. The lowest BCUT2D eigenvalue weighted by Gasteiger charge is -2.22. The monoisotopic (exact) mass is 420 g/mol. The molecule has 1 heterocycles. The van der Waals surface area contributed by atoms with Gasteiger partial charge in [-0.25, -0.2) is 9.97 Å².